The van der Waals surface area contributed by atoms with Crippen molar-refractivity contribution in [3.05, 3.63) is 40.7 Å². The first-order valence-corrected chi connectivity index (χ1v) is 6.75. The molecule has 1 saturated heterocycles. The van der Waals surface area contributed by atoms with Crippen LogP contribution in [0.5, 0.6) is 0 Å². The van der Waals surface area contributed by atoms with E-state index in [9.17, 15) is 5.26 Å². The van der Waals surface area contributed by atoms with Crippen molar-refractivity contribution in [3.8, 4) is 11.8 Å². The summed E-state index contributed by atoms with van der Waals surface area (Å²) in [5.41, 5.74) is 4.47. The van der Waals surface area contributed by atoms with Crippen molar-refractivity contribution in [2.45, 2.75) is 32.8 Å². The van der Waals surface area contributed by atoms with E-state index in [2.05, 4.69) is 42.4 Å². The molecule has 1 aromatic heterocycles. The van der Waals surface area contributed by atoms with Gasteiger partial charge >= 0.3 is 0 Å². The Bertz CT molecular complexity index is 678. The minimum absolute atomic E-state index is 0.0822. The molecule has 1 fully saturated rings. The van der Waals surface area contributed by atoms with Crippen LogP contribution in [0.25, 0.3) is 5.69 Å². The van der Waals surface area contributed by atoms with Crippen LogP contribution >= 0.6 is 0 Å². The molecule has 20 heavy (non-hydrogen) atoms. The summed E-state index contributed by atoms with van der Waals surface area (Å²) in [4.78, 5) is 0. The summed E-state index contributed by atoms with van der Waals surface area (Å²) < 4.78 is 7.44. The number of nitriles is 1. The van der Waals surface area contributed by atoms with Crippen LogP contribution in [0.4, 0.5) is 0 Å². The normalized spacial score (nSPS) is 18.1. The number of hydrogen-bond acceptors (Lipinski definition) is 4. The third kappa shape index (κ3) is 2.08. The van der Waals surface area contributed by atoms with E-state index < -0.39 is 0 Å². The molecule has 0 saturated carbocycles. The number of nitrogens with zero attached hydrogens (tertiary/aromatic N) is 4. The van der Waals surface area contributed by atoms with Crippen LogP contribution in [0.1, 0.15) is 41.5 Å². The first-order chi connectivity index (χ1) is 9.70. The molecule has 102 valence electrons. The highest BCUT2D eigenvalue weighted by Gasteiger charge is 2.27. The second kappa shape index (κ2) is 5.06. The van der Waals surface area contributed by atoms with Gasteiger partial charge in [0.05, 0.1) is 5.69 Å². The maximum absolute atomic E-state index is 9.22. The van der Waals surface area contributed by atoms with Crippen molar-refractivity contribution in [3.63, 3.8) is 0 Å². The fraction of sp³-hybridized carbons (Fsp3) is 0.400. The molecule has 1 atom stereocenters. The van der Waals surface area contributed by atoms with E-state index in [1.165, 1.54) is 11.1 Å². The van der Waals surface area contributed by atoms with Gasteiger partial charge in [0.1, 0.15) is 17.9 Å². The minimum atomic E-state index is -0.0822. The average Bonchev–Trinajstić information content (AvgIpc) is 3.09. The van der Waals surface area contributed by atoms with Gasteiger partial charge in [0.15, 0.2) is 5.69 Å². The van der Waals surface area contributed by atoms with Crippen LogP contribution in [0.2, 0.25) is 0 Å². The Kier molecular flexibility index (Phi) is 3.25. The molecule has 1 unspecified atom stereocenters. The summed E-state index contributed by atoms with van der Waals surface area (Å²) in [7, 11) is 0. The van der Waals surface area contributed by atoms with Gasteiger partial charge < -0.3 is 4.74 Å². The van der Waals surface area contributed by atoms with Gasteiger partial charge in [-0.3, -0.25) is 0 Å². The van der Waals surface area contributed by atoms with Crippen LogP contribution in [-0.2, 0) is 4.74 Å². The predicted molar refractivity (Wildman–Crippen MR) is 73.5 cm³/mol. The monoisotopic (exact) mass is 268 g/mol. The predicted octanol–water partition coefficient (Wildman–Crippen LogP) is 2.61. The molecule has 0 N–H and O–H groups in total. The zero-order chi connectivity index (χ0) is 14.1. The largest absolute Gasteiger partial charge is 0.372 e. The maximum Gasteiger partial charge on any atom is 0.189 e. The highest BCUT2D eigenvalue weighted by atomic mass is 16.5. The van der Waals surface area contributed by atoms with Crippen LogP contribution in [0, 0.1) is 25.2 Å². The topological polar surface area (TPSA) is 63.7 Å². The summed E-state index contributed by atoms with van der Waals surface area (Å²) in [6.07, 6.45) is 1.84. The first kappa shape index (κ1) is 12.8. The van der Waals surface area contributed by atoms with Gasteiger partial charge in [0, 0.05) is 6.61 Å². The molecule has 0 bridgehead atoms. The quantitative estimate of drug-likeness (QED) is 0.839. The molecular formula is C15H16N4O. The lowest BCUT2D eigenvalue weighted by atomic mass is 10.1. The van der Waals surface area contributed by atoms with Crippen LogP contribution in [0.3, 0.4) is 0 Å². The second-order valence-electron chi connectivity index (χ2n) is 5.12. The van der Waals surface area contributed by atoms with Gasteiger partial charge in [-0.2, -0.15) is 5.26 Å². The fourth-order valence-corrected chi connectivity index (χ4v) is 2.50. The number of rotatable bonds is 2. The third-order valence-electron chi connectivity index (χ3n) is 3.78. The van der Waals surface area contributed by atoms with E-state index >= 15 is 0 Å². The smallest absolute Gasteiger partial charge is 0.189 e. The van der Waals surface area contributed by atoms with Gasteiger partial charge in [0.25, 0.3) is 0 Å². The number of benzene rings is 1. The summed E-state index contributed by atoms with van der Waals surface area (Å²) in [5.74, 6) is 0. The molecule has 0 aliphatic carbocycles. The molecule has 0 spiro atoms. The zero-order valence-corrected chi connectivity index (χ0v) is 11.6. The second-order valence-corrected chi connectivity index (χ2v) is 5.12. The molecule has 1 aliphatic heterocycles. The molecule has 3 rings (SSSR count). The number of ether oxygens (including phenoxy) is 1. The summed E-state index contributed by atoms with van der Waals surface area (Å²) in [6.45, 7) is 4.86. The Morgan fingerprint density at radius 2 is 2.20 bits per heavy atom. The molecule has 1 aromatic carbocycles. The van der Waals surface area contributed by atoms with Crippen molar-refractivity contribution in [2.24, 2.45) is 0 Å². The molecule has 5 nitrogen and oxygen atoms in total. The Labute approximate surface area is 117 Å². The number of aryl methyl sites for hydroxylation is 2. The summed E-state index contributed by atoms with van der Waals surface area (Å²) in [5, 5.41) is 17.3. The molecule has 2 heterocycles. The molecule has 5 heteroatoms. The van der Waals surface area contributed by atoms with E-state index in [0.29, 0.717) is 5.69 Å². The standard InChI is InChI=1S/C15H16N4O/c1-10-5-6-12(8-11(10)2)19-15(13(9-16)17-18-19)14-4-3-7-20-14/h5-6,8,14H,3-4,7H2,1-2H3. The molecule has 1 aliphatic rings. The van der Waals surface area contributed by atoms with Crippen molar-refractivity contribution < 1.29 is 4.74 Å². The third-order valence-corrected chi connectivity index (χ3v) is 3.78. The Hall–Kier alpha value is -2.19. The van der Waals surface area contributed by atoms with Crippen molar-refractivity contribution >= 4 is 0 Å². The summed E-state index contributed by atoms with van der Waals surface area (Å²) in [6, 6.07) is 8.22. The van der Waals surface area contributed by atoms with Gasteiger partial charge in [-0.15, -0.1) is 5.10 Å². The van der Waals surface area contributed by atoms with Crippen LogP contribution < -0.4 is 0 Å². The van der Waals surface area contributed by atoms with Crippen molar-refractivity contribution in [2.75, 3.05) is 6.61 Å². The zero-order valence-electron chi connectivity index (χ0n) is 11.6. The van der Waals surface area contributed by atoms with E-state index in [1.807, 2.05) is 6.07 Å². The SMILES string of the molecule is Cc1ccc(-n2nnc(C#N)c2C2CCCO2)cc1C. The van der Waals surface area contributed by atoms with Crippen LogP contribution in [0.15, 0.2) is 18.2 Å². The fourth-order valence-electron chi connectivity index (χ4n) is 2.50. The van der Waals surface area contributed by atoms with Crippen molar-refractivity contribution in [1.29, 1.82) is 5.26 Å². The van der Waals surface area contributed by atoms with Gasteiger partial charge in [-0.05, 0) is 49.9 Å². The molecule has 0 amide bonds. The highest BCUT2D eigenvalue weighted by molar-refractivity contribution is 5.42. The van der Waals surface area contributed by atoms with E-state index in [0.717, 1.165) is 30.8 Å². The average molecular weight is 268 g/mol. The van der Waals surface area contributed by atoms with Gasteiger partial charge in [0.2, 0.25) is 0 Å². The van der Waals surface area contributed by atoms with Crippen LogP contribution in [-0.4, -0.2) is 21.6 Å². The molecular weight excluding hydrogens is 252 g/mol. The Balaban J connectivity index is 2.11. The Morgan fingerprint density at radius 1 is 1.35 bits per heavy atom. The summed E-state index contributed by atoms with van der Waals surface area (Å²) >= 11 is 0. The van der Waals surface area contributed by atoms with Crippen molar-refractivity contribution in [1.82, 2.24) is 15.0 Å². The van der Waals surface area contributed by atoms with Gasteiger partial charge in [-0.25, -0.2) is 4.68 Å². The van der Waals surface area contributed by atoms with E-state index in [-0.39, 0.29) is 6.10 Å². The number of hydrogen-bond donors (Lipinski definition) is 0. The van der Waals surface area contributed by atoms with Gasteiger partial charge in [-0.1, -0.05) is 11.3 Å². The lowest BCUT2D eigenvalue weighted by Gasteiger charge is -2.13. The Morgan fingerprint density at radius 3 is 2.85 bits per heavy atom. The molecule has 2 aromatic rings. The molecule has 0 radical (unpaired) electrons. The highest BCUT2D eigenvalue weighted by Crippen LogP contribution is 2.31. The first-order valence-electron chi connectivity index (χ1n) is 6.75. The maximum atomic E-state index is 9.22. The lowest BCUT2D eigenvalue weighted by Crippen LogP contribution is -2.08. The number of aromatic nitrogens is 3. The lowest BCUT2D eigenvalue weighted by molar-refractivity contribution is 0.106. The minimum Gasteiger partial charge on any atom is -0.372 e. The van der Waals surface area contributed by atoms with E-state index in [1.54, 1.807) is 4.68 Å². The van der Waals surface area contributed by atoms with E-state index in [4.69, 9.17) is 4.74 Å².